The van der Waals surface area contributed by atoms with Crippen molar-refractivity contribution in [2.24, 2.45) is 0 Å². The molecule has 1 aromatic rings. The molecule has 0 fully saturated rings. The summed E-state index contributed by atoms with van der Waals surface area (Å²) in [4.78, 5) is 10.3. The zero-order valence-electron chi connectivity index (χ0n) is 10.6. The molecule has 2 heteroatoms. The van der Waals surface area contributed by atoms with Gasteiger partial charge in [0.1, 0.15) is 12.4 Å². The number of unbranched alkanes of at least 4 members (excludes halogenated alkanes) is 1. The first kappa shape index (κ1) is 13.5. The molecule has 0 N–H and O–H groups in total. The van der Waals surface area contributed by atoms with Crippen molar-refractivity contribution in [1.82, 2.24) is 0 Å². The number of hydrogen-bond donors (Lipinski definition) is 0. The van der Waals surface area contributed by atoms with Crippen LogP contribution in [0, 0.1) is 0 Å². The lowest BCUT2D eigenvalue weighted by Crippen LogP contribution is -2.00. The number of aryl methyl sites for hydroxylation is 1. The van der Waals surface area contributed by atoms with Gasteiger partial charge in [-0.3, -0.25) is 4.79 Å². The van der Waals surface area contributed by atoms with Crippen LogP contribution in [0.15, 0.2) is 24.3 Å². The number of aldehydes is 1. The molecule has 0 bridgehead atoms. The van der Waals surface area contributed by atoms with Crippen LogP contribution in [0.2, 0.25) is 0 Å². The van der Waals surface area contributed by atoms with Crippen molar-refractivity contribution in [2.45, 2.75) is 33.1 Å². The van der Waals surface area contributed by atoms with E-state index in [1.807, 2.05) is 25.1 Å². The zero-order valence-corrected chi connectivity index (χ0v) is 10.6. The van der Waals surface area contributed by atoms with Crippen LogP contribution in [-0.4, -0.2) is 12.9 Å². The largest absolute Gasteiger partial charge is 0.486 e. The Labute approximate surface area is 103 Å². The molecule has 1 rings (SSSR count). The van der Waals surface area contributed by atoms with Crippen molar-refractivity contribution in [2.75, 3.05) is 6.61 Å². The number of rotatable bonds is 7. The van der Waals surface area contributed by atoms with Gasteiger partial charge in [0.25, 0.3) is 0 Å². The van der Waals surface area contributed by atoms with Crippen LogP contribution in [0.3, 0.4) is 0 Å². The first-order valence-electron chi connectivity index (χ1n) is 6.13. The van der Waals surface area contributed by atoms with E-state index >= 15 is 0 Å². The molecule has 0 aliphatic rings. The van der Waals surface area contributed by atoms with Crippen LogP contribution in [0.4, 0.5) is 0 Å². The van der Waals surface area contributed by atoms with Gasteiger partial charge in [-0.15, -0.1) is 0 Å². The first-order chi connectivity index (χ1) is 8.31. The van der Waals surface area contributed by atoms with E-state index in [-0.39, 0.29) is 6.61 Å². The number of carbonyl (C=O) groups excluding carboxylic acids is 1. The third kappa shape index (κ3) is 4.43. The Morgan fingerprint density at radius 2 is 2.18 bits per heavy atom. The SMILES string of the molecule is CC=Cc1cc(CCCC)ccc1OCC=O. The fourth-order valence-electron chi connectivity index (χ4n) is 1.70. The number of hydrogen-bond acceptors (Lipinski definition) is 2. The van der Waals surface area contributed by atoms with Crippen molar-refractivity contribution in [3.8, 4) is 5.75 Å². The summed E-state index contributed by atoms with van der Waals surface area (Å²) in [7, 11) is 0. The minimum Gasteiger partial charge on any atom is -0.486 e. The molecule has 0 saturated heterocycles. The molecule has 0 spiro atoms. The van der Waals surface area contributed by atoms with E-state index in [0.29, 0.717) is 0 Å². The molecule has 1 aromatic carbocycles. The smallest absolute Gasteiger partial charge is 0.157 e. The zero-order chi connectivity index (χ0) is 12.5. The second-order valence-electron chi connectivity index (χ2n) is 3.95. The van der Waals surface area contributed by atoms with Crippen LogP contribution in [0.25, 0.3) is 6.08 Å². The summed E-state index contributed by atoms with van der Waals surface area (Å²) < 4.78 is 5.38. The average molecular weight is 232 g/mol. The summed E-state index contributed by atoms with van der Waals surface area (Å²) in [5, 5.41) is 0. The number of allylic oxidation sites excluding steroid dienone is 1. The summed E-state index contributed by atoms with van der Waals surface area (Å²) in [6.07, 6.45) is 8.24. The van der Waals surface area contributed by atoms with Crippen LogP contribution >= 0.6 is 0 Å². The van der Waals surface area contributed by atoms with Gasteiger partial charge in [0.15, 0.2) is 6.29 Å². The summed E-state index contributed by atoms with van der Waals surface area (Å²) in [6, 6.07) is 6.16. The molecule has 0 aliphatic heterocycles. The van der Waals surface area contributed by atoms with Gasteiger partial charge < -0.3 is 4.74 Å². The predicted octanol–water partition coefficient (Wildman–Crippen LogP) is 3.64. The highest BCUT2D eigenvalue weighted by molar-refractivity contribution is 5.59. The Bertz CT molecular complexity index is 381. The van der Waals surface area contributed by atoms with Crippen molar-refractivity contribution >= 4 is 12.4 Å². The Balaban J connectivity index is 2.86. The highest BCUT2D eigenvalue weighted by atomic mass is 16.5. The normalized spacial score (nSPS) is 10.7. The van der Waals surface area contributed by atoms with E-state index in [1.54, 1.807) is 0 Å². The minimum atomic E-state index is 0.110. The molecule has 0 amide bonds. The van der Waals surface area contributed by atoms with Gasteiger partial charge in [-0.2, -0.15) is 0 Å². The van der Waals surface area contributed by atoms with Crippen LogP contribution in [0.1, 0.15) is 37.8 Å². The molecule has 0 unspecified atom stereocenters. The first-order valence-corrected chi connectivity index (χ1v) is 6.13. The van der Waals surface area contributed by atoms with Crippen molar-refractivity contribution in [1.29, 1.82) is 0 Å². The Hall–Kier alpha value is -1.57. The number of benzene rings is 1. The van der Waals surface area contributed by atoms with Crippen LogP contribution < -0.4 is 4.74 Å². The monoisotopic (exact) mass is 232 g/mol. The Kier molecular flexibility index (Phi) is 6.08. The summed E-state index contributed by atoms with van der Waals surface area (Å²) in [5.41, 5.74) is 2.36. The van der Waals surface area contributed by atoms with Crippen molar-refractivity contribution in [3.05, 3.63) is 35.4 Å². The molecule has 0 atom stereocenters. The maximum absolute atomic E-state index is 10.3. The lowest BCUT2D eigenvalue weighted by atomic mass is 10.0. The van der Waals surface area contributed by atoms with E-state index < -0.39 is 0 Å². The number of ether oxygens (including phenoxy) is 1. The molecule has 0 radical (unpaired) electrons. The second kappa shape index (κ2) is 7.66. The highest BCUT2D eigenvalue weighted by Gasteiger charge is 2.02. The topological polar surface area (TPSA) is 26.3 Å². The number of carbonyl (C=O) groups is 1. The van der Waals surface area contributed by atoms with Crippen LogP contribution in [0.5, 0.6) is 5.75 Å². The molecule has 17 heavy (non-hydrogen) atoms. The summed E-state index contributed by atoms with van der Waals surface area (Å²) in [5.74, 6) is 0.774. The van der Waals surface area contributed by atoms with E-state index in [9.17, 15) is 4.79 Å². The van der Waals surface area contributed by atoms with E-state index in [4.69, 9.17) is 4.74 Å². The molecule has 92 valence electrons. The molecule has 0 saturated carbocycles. The molecule has 0 aliphatic carbocycles. The average Bonchev–Trinajstić information content (AvgIpc) is 2.35. The molecular weight excluding hydrogens is 212 g/mol. The molecule has 0 aromatic heterocycles. The minimum absolute atomic E-state index is 0.110. The van der Waals surface area contributed by atoms with Gasteiger partial charge in [0.05, 0.1) is 0 Å². The van der Waals surface area contributed by atoms with E-state index in [0.717, 1.165) is 24.0 Å². The quantitative estimate of drug-likeness (QED) is 0.671. The highest BCUT2D eigenvalue weighted by Crippen LogP contribution is 2.22. The summed E-state index contributed by atoms with van der Waals surface area (Å²) in [6.45, 7) is 4.27. The molecular formula is C15H20O2. The fraction of sp³-hybridized carbons (Fsp3) is 0.400. The third-order valence-corrected chi connectivity index (χ3v) is 2.55. The third-order valence-electron chi connectivity index (χ3n) is 2.55. The molecule has 2 nitrogen and oxygen atoms in total. The second-order valence-corrected chi connectivity index (χ2v) is 3.95. The fourth-order valence-corrected chi connectivity index (χ4v) is 1.70. The van der Waals surface area contributed by atoms with E-state index in [1.165, 1.54) is 18.4 Å². The summed E-state index contributed by atoms with van der Waals surface area (Å²) >= 11 is 0. The standard InChI is InChI=1S/C15H20O2/c1-3-5-7-13-8-9-15(17-11-10-16)14(12-13)6-4-2/h4,6,8-10,12H,3,5,7,11H2,1-2H3. The maximum Gasteiger partial charge on any atom is 0.157 e. The Morgan fingerprint density at radius 3 is 2.82 bits per heavy atom. The van der Waals surface area contributed by atoms with Crippen molar-refractivity contribution < 1.29 is 9.53 Å². The van der Waals surface area contributed by atoms with Gasteiger partial charge in [-0.25, -0.2) is 0 Å². The van der Waals surface area contributed by atoms with E-state index in [2.05, 4.69) is 19.1 Å². The Morgan fingerprint density at radius 1 is 1.35 bits per heavy atom. The van der Waals surface area contributed by atoms with Gasteiger partial charge in [0, 0.05) is 5.56 Å². The van der Waals surface area contributed by atoms with Gasteiger partial charge in [-0.1, -0.05) is 31.6 Å². The lowest BCUT2D eigenvalue weighted by Gasteiger charge is -2.09. The van der Waals surface area contributed by atoms with Crippen molar-refractivity contribution in [3.63, 3.8) is 0 Å². The van der Waals surface area contributed by atoms with Gasteiger partial charge >= 0.3 is 0 Å². The predicted molar refractivity (Wildman–Crippen MR) is 71.3 cm³/mol. The van der Waals surface area contributed by atoms with Crippen LogP contribution in [-0.2, 0) is 11.2 Å². The lowest BCUT2D eigenvalue weighted by molar-refractivity contribution is -0.109. The van der Waals surface area contributed by atoms with Gasteiger partial charge in [0.2, 0.25) is 0 Å². The van der Waals surface area contributed by atoms with Gasteiger partial charge in [-0.05, 0) is 37.5 Å². The maximum atomic E-state index is 10.3. The molecule has 0 heterocycles.